The lowest BCUT2D eigenvalue weighted by Crippen LogP contribution is -2.38. The Bertz CT molecular complexity index is 690. The molecule has 3 rings (SSSR count). The van der Waals surface area contributed by atoms with Crippen LogP contribution in [0.4, 0.5) is 5.69 Å². The number of thiophene rings is 1. The van der Waals surface area contributed by atoms with E-state index in [0.717, 1.165) is 6.42 Å². The van der Waals surface area contributed by atoms with Crippen LogP contribution in [-0.4, -0.2) is 17.4 Å². The van der Waals surface area contributed by atoms with E-state index in [4.69, 9.17) is 28.9 Å². The van der Waals surface area contributed by atoms with Crippen molar-refractivity contribution in [2.45, 2.75) is 19.4 Å². The number of nitrogens with zero attached hydrogens (tertiary/aromatic N) is 1. The standard InChI is InChI=1S/C15H14Cl2N2OS/c1-8-10-3-5-21-13(10)2-4-19(8)15(20)9-6-11(16)14(18)12(17)7-9/h3,5-8H,2,4,18H2,1H3. The van der Waals surface area contributed by atoms with Gasteiger partial charge in [0.05, 0.1) is 21.8 Å². The van der Waals surface area contributed by atoms with E-state index in [2.05, 4.69) is 11.4 Å². The fraction of sp³-hybridized carbons (Fsp3) is 0.267. The minimum Gasteiger partial charge on any atom is -0.396 e. The van der Waals surface area contributed by atoms with Gasteiger partial charge in [-0.15, -0.1) is 11.3 Å². The Hall–Kier alpha value is -1.23. The Morgan fingerprint density at radius 3 is 2.71 bits per heavy atom. The van der Waals surface area contributed by atoms with E-state index in [1.807, 2.05) is 11.8 Å². The number of fused-ring (bicyclic) bond motifs is 1. The van der Waals surface area contributed by atoms with Crippen LogP contribution in [0.15, 0.2) is 23.6 Å². The summed E-state index contributed by atoms with van der Waals surface area (Å²) in [7, 11) is 0. The quantitative estimate of drug-likeness (QED) is 0.782. The molecule has 0 saturated heterocycles. The zero-order valence-corrected chi connectivity index (χ0v) is 13.7. The minimum atomic E-state index is -0.0665. The molecule has 1 unspecified atom stereocenters. The van der Waals surface area contributed by atoms with Gasteiger partial charge in [-0.1, -0.05) is 23.2 Å². The van der Waals surface area contributed by atoms with Crippen LogP contribution in [0.1, 0.15) is 33.8 Å². The maximum Gasteiger partial charge on any atom is 0.254 e. The summed E-state index contributed by atoms with van der Waals surface area (Å²) in [5, 5.41) is 2.70. The average Bonchev–Trinajstić information content (AvgIpc) is 2.93. The van der Waals surface area contributed by atoms with Crippen molar-refractivity contribution in [2.75, 3.05) is 12.3 Å². The Kier molecular flexibility index (Phi) is 3.86. The first-order valence-electron chi connectivity index (χ1n) is 6.60. The second-order valence-corrected chi connectivity index (χ2v) is 6.89. The molecule has 3 nitrogen and oxygen atoms in total. The van der Waals surface area contributed by atoms with Crippen LogP contribution in [-0.2, 0) is 6.42 Å². The molecule has 0 saturated carbocycles. The number of carbonyl (C=O) groups excluding carboxylic acids is 1. The molecule has 110 valence electrons. The highest BCUT2D eigenvalue weighted by Gasteiger charge is 2.29. The number of amides is 1. The fourth-order valence-corrected chi connectivity index (χ4v) is 4.11. The summed E-state index contributed by atoms with van der Waals surface area (Å²) in [4.78, 5) is 15.9. The van der Waals surface area contributed by atoms with E-state index in [9.17, 15) is 4.79 Å². The van der Waals surface area contributed by atoms with Gasteiger partial charge in [-0.3, -0.25) is 4.79 Å². The molecule has 2 heterocycles. The van der Waals surface area contributed by atoms with Crippen LogP contribution in [0.25, 0.3) is 0 Å². The normalized spacial score (nSPS) is 17.7. The SMILES string of the molecule is CC1c2ccsc2CCN1C(=O)c1cc(Cl)c(N)c(Cl)c1. The lowest BCUT2D eigenvalue weighted by Gasteiger charge is -2.33. The van der Waals surface area contributed by atoms with Crippen LogP contribution in [0.2, 0.25) is 10.0 Å². The smallest absolute Gasteiger partial charge is 0.254 e. The van der Waals surface area contributed by atoms with Gasteiger partial charge in [-0.05, 0) is 42.5 Å². The lowest BCUT2D eigenvalue weighted by molar-refractivity contribution is 0.0679. The zero-order valence-electron chi connectivity index (χ0n) is 11.4. The third-order valence-corrected chi connectivity index (χ3v) is 5.49. The zero-order chi connectivity index (χ0) is 15.1. The van der Waals surface area contributed by atoms with Crippen LogP contribution < -0.4 is 5.73 Å². The van der Waals surface area contributed by atoms with Crippen molar-refractivity contribution in [3.63, 3.8) is 0 Å². The first-order valence-corrected chi connectivity index (χ1v) is 8.24. The minimum absolute atomic E-state index is 0.0580. The second kappa shape index (κ2) is 5.52. The van der Waals surface area contributed by atoms with Gasteiger partial charge in [0.2, 0.25) is 0 Å². The van der Waals surface area contributed by atoms with Crippen molar-refractivity contribution in [1.82, 2.24) is 4.90 Å². The van der Waals surface area contributed by atoms with E-state index < -0.39 is 0 Å². The van der Waals surface area contributed by atoms with E-state index in [0.29, 0.717) is 27.8 Å². The number of nitrogens with two attached hydrogens (primary N) is 1. The van der Waals surface area contributed by atoms with Crippen molar-refractivity contribution in [1.29, 1.82) is 0 Å². The number of hydrogen-bond acceptors (Lipinski definition) is 3. The summed E-state index contributed by atoms with van der Waals surface area (Å²) < 4.78 is 0. The maximum atomic E-state index is 12.7. The largest absolute Gasteiger partial charge is 0.396 e. The molecule has 2 N–H and O–H groups in total. The van der Waals surface area contributed by atoms with E-state index in [-0.39, 0.29) is 11.9 Å². The van der Waals surface area contributed by atoms with Crippen LogP contribution in [0.5, 0.6) is 0 Å². The summed E-state index contributed by atoms with van der Waals surface area (Å²) in [6, 6.07) is 5.32. The number of rotatable bonds is 1. The van der Waals surface area contributed by atoms with Gasteiger partial charge in [0.25, 0.3) is 5.91 Å². The molecule has 0 radical (unpaired) electrons. The van der Waals surface area contributed by atoms with E-state index in [1.165, 1.54) is 10.4 Å². The summed E-state index contributed by atoms with van der Waals surface area (Å²) in [5.74, 6) is -0.0665. The number of anilines is 1. The Balaban J connectivity index is 1.93. The van der Waals surface area contributed by atoms with Gasteiger partial charge in [0.15, 0.2) is 0 Å². The van der Waals surface area contributed by atoms with E-state index >= 15 is 0 Å². The number of carbonyl (C=O) groups is 1. The first-order chi connectivity index (χ1) is 9.99. The van der Waals surface area contributed by atoms with Crippen molar-refractivity contribution in [3.8, 4) is 0 Å². The molecule has 1 aromatic carbocycles. The molecule has 1 atom stereocenters. The summed E-state index contributed by atoms with van der Waals surface area (Å²) in [6.45, 7) is 2.75. The molecule has 0 spiro atoms. The van der Waals surface area contributed by atoms with Crippen LogP contribution >= 0.6 is 34.5 Å². The first kappa shape index (κ1) is 14.7. The summed E-state index contributed by atoms with van der Waals surface area (Å²) in [6.07, 6.45) is 0.888. The third kappa shape index (κ3) is 2.52. The number of benzene rings is 1. The van der Waals surface area contributed by atoms with Gasteiger partial charge < -0.3 is 10.6 Å². The third-order valence-electron chi connectivity index (χ3n) is 3.86. The molecule has 0 aliphatic carbocycles. The molecule has 6 heteroatoms. The highest BCUT2D eigenvalue weighted by molar-refractivity contribution is 7.10. The molecule has 0 bridgehead atoms. The molecule has 1 amide bonds. The predicted molar refractivity (Wildman–Crippen MR) is 88.3 cm³/mol. The number of nitrogen functional groups attached to an aromatic ring is 1. The molecule has 1 aliphatic heterocycles. The summed E-state index contributed by atoms with van der Waals surface area (Å²) in [5.41, 5.74) is 7.73. The average molecular weight is 341 g/mol. The molecular weight excluding hydrogens is 327 g/mol. The lowest BCUT2D eigenvalue weighted by atomic mass is 10.0. The molecule has 0 fully saturated rings. The Labute approximate surface area is 137 Å². The van der Waals surface area contributed by atoms with E-state index in [1.54, 1.807) is 23.5 Å². The van der Waals surface area contributed by atoms with Gasteiger partial charge in [0.1, 0.15) is 0 Å². The maximum absolute atomic E-state index is 12.7. The Morgan fingerprint density at radius 1 is 1.38 bits per heavy atom. The predicted octanol–water partition coefficient (Wildman–Crippen LogP) is 4.40. The van der Waals surface area contributed by atoms with Crippen LogP contribution in [0.3, 0.4) is 0 Å². The van der Waals surface area contributed by atoms with Gasteiger partial charge in [-0.2, -0.15) is 0 Å². The number of halogens is 2. The van der Waals surface area contributed by atoms with Crippen LogP contribution in [0, 0.1) is 0 Å². The van der Waals surface area contributed by atoms with Gasteiger partial charge in [-0.25, -0.2) is 0 Å². The monoisotopic (exact) mass is 340 g/mol. The topological polar surface area (TPSA) is 46.3 Å². The molecule has 2 aromatic rings. The number of hydrogen-bond donors (Lipinski definition) is 1. The Morgan fingerprint density at radius 2 is 2.05 bits per heavy atom. The fourth-order valence-electron chi connectivity index (χ4n) is 2.66. The summed E-state index contributed by atoms with van der Waals surface area (Å²) >= 11 is 13.8. The molecule has 1 aliphatic rings. The highest BCUT2D eigenvalue weighted by atomic mass is 35.5. The van der Waals surface area contributed by atoms with Crippen molar-refractivity contribution in [2.24, 2.45) is 0 Å². The molecule has 21 heavy (non-hydrogen) atoms. The second-order valence-electron chi connectivity index (χ2n) is 5.08. The van der Waals surface area contributed by atoms with Crippen molar-refractivity contribution >= 4 is 46.1 Å². The molecular formula is C15H14Cl2N2OS. The van der Waals surface area contributed by atoms with Gasteiger partial charge in [0, 0.05) is 17.0 Å². The molecule has 1 aromatic heterocycles. The van der Waals surface area contributed by atoms with Crippen molar-refractivity contribution in [3.05, 3.63) is 49.6 Å². The van der Waals surface area contributed by atoms with Gasteiger partial charge >= 0.3 is 0 Å². The van der Waals surface area contributed by atoms with Crippen molar-refractivity contribution < 1.29 is 4.79 Å². The highest BCUT2D eigenvalue weighted by Crippen LogP contribution is 2.35.